The Hall–Kier alpha value is -4.24. The second-order valence-electron chi connectivity index (χ2n) is 10.6. The van der Waals surface area contributed by atoms with Crippen LogP contribution in [0.5, 0.6) is 0 Å². The lowest BCUT2D eigenvalue weighted by atomic mass is 9.88. The monoisotopic (exact) mass is 570 g/mol. The van der Waals surface area contributed by atoms with E-state index in [-0.39, 0.29) is 23.5 Å². The molecule has 7 nitrogen and oxygen atoms in total. The van der Waals surface area contributed by atoms with Crippen LogP contribution < -0.4 is 9.62 Å². The largest absolute Gasteiger partial charge is 0.455 e. The number of furan rings is 1. The summed E-state index contributed by atoms with van der Waals surface area (Å²) in [4.78, 5) is 28.8. The molecule has 0 bridgehead atoms. The average Bonchev–Trinajstić information content (AvgIpc) is 3.53. The van der Waals surface area contributed by atoms with Crippen molar-refractivity contribution in [3.8, 4) is 11.3 Å². The summed E-state index contributed by atoms with van der Waals surface area (Å²) in [5, 5.41) is 4.42. The standard InChI is InChI=1S/C32H31FN4O3S/c1-34-31(38)29-24-16-23(26(36(3)41)17-28(24)40-30(29)19-10-12-22(33)13-11-19)21-8-6-14-37(18-21)32(39)27-15-20-7-4-5-9-25(20)35(27)2/h4-5,7,9-13,15-17,21,41H,6,8,14,18H2,1-3H3,(H,34,38)/t21-/m1/s1. The number of piperidine rings is 1. The maximum Gasteiger partial charge on any atom is 0.270 e. The van der Waals surface area contributed by atoms with E-state index in [1.807, 2.05) is 66.0 Å². The first kappa shape index (κ1) is 27.0. The number of amides is 2. The summed E-state index contributed by atoms with van der Waals surface area (Å²) in [7, 11) is 5.35. The van der Waals surface area contributed by atoms with E-state index >= 15 is 0 Å². The zero-order valence-electron chi connectivity index (χ0n) is 23.1. The van der Waals surface area contributed by atoms with Crippen LogP contribution in [0.3, 0.4) is 0 Å². The van der Waals surface area contributed by atoms with Gasteiger partial charge in [-0.3, -0.25) is 9.59 Å². The van der Waals surface area contributed by atoms with Gasteiger partial charge < -0.3 is 23.5 Å². The zero-order valence-corrected chi connectivity index (χ0v) is 24.0. The molecule has 2 amide bonds. The lowest BCUT2D eigenvalue weighted by Crippen LogP contribution is -2.40. The molecule has 9 heteroatoms. The van der Waals surface area contributed by atoms with Crippen molar-refractivity contribution in [3.05, 3.63) is 89.4 Å². The number of hydrogen-bond donors (Lipinski definition) is 2. The van der Waals surface area contributed by atoms with Gasteiger partial charge in [-0.15, -0.1) is 0 Å². The van der Waals surface area contributed by atoms with Gasteiger partial charge in [-0.25, -0.2) is 4.39 Å². The fourth-order valence-electron chi connectivity index (χ4n) is 5.98. The first-order valence-corrected chi connectivity index (χ1v) is 14.0. The van der Waals surface area contributed by atoms with Crippen LogP contribution in [-0.4, -0.2) is 48.5 Å². The smallest absolute Gasteiger partial charge is 0.270 e. The van der Waals surface area contributed by atoms with Gasteiger partial charge in [0.15, 0.2) is 0 Å². The molecule has 0 aliphatic carbocycles. The van der Waals surface area contributed by atoms with Gasteiger partial charge in [0, 0.05) is 68.1 Å². The molecule has 3 aromatic carbocycles. The molecule has 2 aromatic heterocycles. The molecule has 0 saturated carbocycles. The number of fused-ring (bicyclic) bond motifs is 2. The number of likely N-dealkylation sites (tertiary alicyclic amines) is 1. The molecule has 1 atom stereocenters. The van der Waals surface area contributed by atoms with Crippen molar-refractivity contribution in [2.45, 2.75) is 18.8 Å². The molecule has 1 aliphatic heterocycles. The number of benzene rings is 3. The van der Waals surface area contributed by atoms with Crippen LogP contribution in [-0.2, 0) is 7.05 Å². The highest BCUT2D eigenvalue weighted by molar-refractivity contribution is 7.81. The third-order valence-electron chi connectivity index (χ3n) is 8.07. The average molecular weight is 571 g/mol. The number of nitrogens with one attached hydrogen (secondary N) is 1. The van der Waals surface area contributed by atoms with E-state index in [1.54, 1.807) is 23.5 Å². The third kappa shape index (κ3) is 4.74. The third-order valence-corrected chi connectivity index (χ3v) is 8.28. The van der Waals surface area contributed by atoms with Crippen LogP contribution in [0.25, 0.3) is 33.2 Å². The number of rotatable bonds is 5. The molecular formula is C32H31FN4O3S. The number of thiol groups is 1. The maximum atomic E-state index is 13.7. The number of nitrogens with zero attached hydrogens (tertiary/aromatic N) is 3. The van der Waals surface area contributed by atoms with Gasteiger partial charge in [0.2, 0.25) is 0 Å². The fourth-order valence-corrected chi connectivity index (χ4v) is 6.16. The topological polar surface area (TPSA) is 70.7 Å². The maximum absolute atomic E-state index is 13.7. The van der Waals surface area contributed by atoms with E-state index in [1.165, 1.54) is 12.1 Å². The summed E-state index contributed by atoms with van der Waals surface area (Å²) >= 11 is 4.62. The second-order valence-corrected chi connectivity index (χ2v) is 11.2. The van der Waals surface area contributed by atoms with Gasteiger partial charge in [0.1, 0.15) is 22.9 Å². The number of carbonyl (C=O) groups excluding carboxylic acids is 2. The normalized spacial score (nSPS) is 15.4. The Morgan fingerprint density at radius 2 is 1.85 bits per heavy atom. The summed E-state index contributed by atoms with van der Waals surface area (Å²) in [5.41, 5.74) is 5.04. The molecule has 5 aromatic rings. The van der Waals surface area contributed by atoms with Crippen LogP contribution in [0, 0.1) is 5.82 Å². The van der Waals surface area contributed by atoms with Crippen molar-refractivity contribution in [1.82, 2.24) is 14.8 Å². The van der Waals surface area contributed by atoms with Crippen LogP contribution in [0.15, 0.2) is 71.1 Å². The molecule has 0 unspecified atom stereocenters. The zero-order chi connectivity index (χ0) is 28.8. The predicted molar refractivity (Wildman–Crippen MR) is 163 cm³/mol. The van der Waals surface area contributed by atoms with E-state index in [0.717, 1.165) is 35.0 Å². The van der Waals surface area contributed by atoms with E-state index in [9.17, 15) is 14.0 Å². The van der Waals surface area contributed by atoms with Crippen molar-refractivity contribution < 1.29 is 18.4 Å². The summed E-state index contributed by atoms with van der Waals surface area (Å²) < 4.78 is 23.6. The molecule has 1 aliphatic rings. The van der Waals surface area contributed by atoms with E-state index in [4.69, 9.17) is 4.42 Å². The van der Waals surface area contributed by atoms with E-state index < -0.39 is 0 Å². The number of aryl methyl sites for hydroxylation is 1. The molecule has 0 spiro atoms. The van der Waals surface area contributed by atoms with Crippen molar-refractivity contribution in [2.24, 2.45) is 7.05 Å². The molecule has 1 saturated heterocycles. The highest BCUT2D eigenvalue weighted by Gasteiger charge is 2.31. The minimum Gasteiger partial charge on any atom is -0.455 e. The highest BCUT2D eigenvalue weighted by Crippen LogP contribution is 2.42. The Labute approximate surface area is 243 Å². The number of aromatic nitrogens is 1. The molecule has 3 heterocycles. The summed E-state index contributed by atoms with van der Waals surface area (Å²) in [6.45, 7) is 1.22. The van der Waals surface area contributed by atoms with Gasteiger partial charge in [-0.1, -0.05) is 31.0 Å². The van der Waals surface area contributed by atoms with Crippen LogP contribution in [0.2, 0.25) is 0 Å². The predicted octanol–water partition coefficient (Wildman–Crippen LogP) is 6.39. The molecule has 210 valence electrons. The lowest BCUT2D eigenvalue weighted by molar-refractivity contribution is 0.0698. The fraction of sp³-hybridized carbons (Fsp3) is 0.250. The summed E-state index contributed by atoms with van der Waals surface area (Å²) in [5.74, 6) is -0.258. The molecule has 0 radical (unpaired) electrons. The Morgan fingerprint density at radius 1 is 1.10 bits per heavy atom. The minimum atomic E-state index is -0.368. The summed E-state index contributed by atoms with van der Waals surface area (Å²) in [6, 6.07) is 19.7. The Balaban J connectivity index is 1.42. The first-order valence-electron chi connectivity index (χ1n) is 13.6. The number of carbonyl (C=O) groups is 2. The molecular weight excluding hydrogens is 539 g/mol. The van der Waals surface area contributed by atoms with Crippen LogP contribution in [0.4, 0.5) is 10.1 Å². The van der Waals surface area contributed by atoms with E-state index in [0.29, 0.717) is 46.6 Å². The highest BCUT2D eigenvalue weighted by atomic mass is 32.1. The van der Waals surface area contributed by atoms with Crippen molar-refractivity contribution in [1.29, 1.82) is 0 Å². The Morgan fingerprint density at radius 3 is 2.56 bits per heavy atom. The van der Waals surface area contributed by atoms with Crippen LogP contribution >= 0.6 is 12.8 Å². The van der Waals surface area contributed by atoms with Gasteiger partial charge >= 0.3 is 0 Å². The summed E-state index contributed by atoms with van der Waals surface area (Å²) in [6.07, 6.45) is 1.74. The van der Waals surface area contributed by atoms with E-state index in [2.05, 4.69) is 18.1 Å². The van der Waals surface area contributed by atoms with Gasteiger partial charge in [0.25, 0.3) is 11.8 Å². The first-order chi connectivity index (χ1) is 19.8. The van der Waals surface area contributed by atoms with Gasteiger partial charge in [0.05, 0.1) is 11.3 Å². The number of hydrogen-bond acceptors (Lipinski definition) is 5. The number of halogens is 1. The van der Waals surface area contributed by atoms with Crippen LogP contribution in [0.1, 0.15) is 45.2 Å². The Kier molecular flexibility index (Phi) is 6.99. The molecule has 1 fully saturated rings. The van der Waals surface area contributed by atoms with Gasteiger partial charge in [-0.2, -0.15) is 0 Å². The quantitative estimate of drug-likeness (QED) is 0.240. The second kappa shape index (κ2) is 10.6. The lowest BCUT2D eigenvalue weighted by Gasteiger charge is -2.34. The molecule has 6 rings (SSSR count). The number of anilines is 1. The van der Waals surface area contributed by atoms with Crippen molar-refractivity contribution in [3.63, 3.8) is 0 Å². The van der Waals surface area contributed by atoms with Crippen molar-refractivity contribution >= 4 is 52.2 Å². The molecule has 1 N–H and O–H groups in total. The minimum absolute atomic E-state index is 0.00298. The Bertz CT molecular complexity index is 1790. The SMILES string of the molecule is CNC(=O)c1c(-c2ccc(F)cc2)oc2cc(N(C)S)c([C@@H]3CCCN(C(=O)c4cc5ccccc5n4C)C3)cc12. The van der Waals surface area contributed by atoms with Crippen molar-refractivity contribution in [2.75, 3.05) is 31.5 Å². The molecule has 41 heavy (non-hydrogen) atoms. The number of para-hydroxylation sites is 1. The van der Waals surface area contributed by atoms with Gasteiger partial charge in [-0.05, 0) is 60.9 Å².